The molecule has 17 heavy (non-hydrogen) atoms. The fourth-order valence-electron chi connectivity index (χ4n) is 2.21. The van der Waals surface area contributed by atoms with E-state index < -0.39 is 0 Å². The van der Waals surface area contributed by atoms with Gasteiger partial charge in [0, 0.05) is 17.4 Å². The van der Waals surface area contributed by atoms with E-state index in [9.17, 15) is 0 Å². The van der Waals surface area contributed by atoms with E-state index in [0.29, 0.717) is 12.4 Å². The molecule has 0 saturated carbocycles. The molecule has 1 fully saturated rings. The van der Waals surface area contributed by atoms with E-state index in [-0.39, 0.29) is 5.92 Å². The molecule has 5 heteroatoms. The van der Waals surface area contributed by atoms with Crippen LogP contribution in [0.5, 0.6) is 0 Å². The molecule has 1 atom stereocenters. The molecule has 0 aliphatic carbocycles. The third kappa shape index (κ3) is 1.96. The van der Waals surface area contributed by atoms with E-state index in [0.717, 1.165) is 35.6 Å². The molecule has 90 valence electrons. The first kappa shape index (κ1) is 10.8. The standard InChI is InChI=1S/C12H14N2O2S/c13-12-10(9-4-2-6-17-9)11(16-14-12)8-3-1-5-15-7-8/h2,4,6,8H,1,3,5,7H2,(H2,13,14). The average Bonchev–Trinajstić information content (AvgIpc) is 2.99. The molecule has 2 aromatic heterocycles. The lowest BCUT2D eigenvalue weighted by molar-refractivity contribution is 0.0723. The molecular weight excluding hydrogens is 236 g/mol. The summed E-state index contributed by atoms with van der Waals surface area (Å²) in [6.07, 6.45) is 2.14. The molecule has 0 radical (unpaired) electrons. The highest BCUT2D eigenvalue weighted by Crippen LogP contribution is 2.39. The normalized spacial score (nSPS) is 20.6. The maximum Gasteiger partial charge on any atom is 0.175 e. The molecule has 1 unspecified atom stereocenters. The Hall–Kier alpha value is -1.33. The van der Waals surface area contributed by atoms with Crippen LogP contribution in [0.3, 0.4) is 0 Å². The predicted molar refractivity (Wildman–Crippen MR) is 67.0 cm³/mol. The van der Waals surface area contributed by atoms with Gasteiger partial charge in [-0.25, -0.2) is 0 Å². The zero-order valence-electron chi connectivity index (χ0n) is 9.39. The van der Waals surface area contributed by atoms with Gasteiger partial charge in [-0.2, -0.15) is 0 Å². The largest absolute Gasteiger partial charge is 0.381 e. The predicted octanol–water partition coefficient (Wildman–Crippen LogP) is 2.88. The lowest BCUT2D eigenvalue weighted by Crippen LogP contribution is -2.15. The van der Waals surface area contributed by atoms with Crippen LogP contribution in [0.1, 0.15) is 24.5 Å². The van der Waals surface area contributed by atoms with Crippen molar-refractivity contribution in [2.24, 2.45) is 0 Å². The first-order chi connectivity index (χ1) is 8.36. The monoisotopic (exact) mass is 250 g/mol. The highest BCUT2D eigenvalue weighted by Gasteiger charge is 2.26. The van der Waals surface area contributed by atoms with Crippen molar-refractivity contribution in [3.63, 3.8) is 0 Å². The number of hydrogen-bond donors (Lipinski definition) is 1. The molecule has 3 rings (SSSR count). The minimum Gasteiger partial charge on any atom is -0.381 e. The summed E-state index contributed by atoms with van der Waals surface area (Å²) >= 11 is 1.65. The minimum absolute atomic E-state index is 0.283. The molecule has 0 bridgehead atoms. The fourth-order valence-corrected chi connectivity index (χ4v) is 2.99. The third-order valence-electron chi connectivity index (χ3n) is 3.04. The molecule has 0 spiro atoms. The number of aromatic nitrogens is 1. The van der Waals surface area contributed by atoms with Gasteiger partial charge in [-0.15, -0.1) is 11.3 Å². The minimum atomic E-state index is 0.283. The van der Waals surface area contributed by atoms with E-state index >= 15 is 0 Å². The number of nitrogens with two attached hydrogens (primary N) is 1. The summed E-state index contributed by atoms with van der Waals surface area (Å²) in [5.74, 6) is 1.64. The Balaban J connectivity index is 1.99. The van der Waals surface area contributed by atoms with Crippen LogP contribution in [0.15, 0.2) is 22.0 Å². The number of nitrogens with zero attached hydrogens (tertiary/aromatic N) is 1. The van der Waals surface area contributed by atoms with Crippen LogP contribution in [0.25, 0.3) is 10.4 Å². The Morgan fingerprint density at radius 3 is 3.12 bits per heavy atom. The van der Waals surface area contributed by atoms with Crippen LogP contribution in [0.4, 0.5) is 5.82 Å². The van der Waals surface area contributed by atoms with Gasteiger partial charge < -0.3 is 15.0 Å². The number of rotatable bonds is 2. The van der Waals surface area contributed by atoms with Crippen molar-refractivity contribution >= 4 is 17.2 Å². The lowest BCUT2D eigenvalue weighted by atomic mass is 9.96. The molecule has 1 aliphatic rings. The van der Waals surface area contributed by atoms with Crippen molar-refractivity contribution in [3.8, 4) is 10.4 Å². The molecule has 2 aromatic rings. The molecule has 4 nitrogen and oxygen atoms in total. The van der Waals surface area contributed by atoms with Gasteiger partial charge in [0.15, 0.2) is 11.6 Å². The molecule has 3 heterocycles. The Labute approximate surface area is 103 Å². The van der Waals surface area contributed by atoms with Crippen LogP contribution in [0, 0.1) is 0 Å². The molecule has 0 amide bonds. The molecular formula is C12H14N2O2S. The van der Waals surface area contributed by atoms with E-state index in [4.69, 9.17) is 15.0 Å². The van der Waals surface area contributed by atoms with Crippen LogP contribution >= 0.6 is 11.3 Å². The van der Waals surface area contributed by atoms with Gasteiger partial charge >= 0.3 is 0 Å². The van der Waals surface area contributed by atoms with Gasteiger partial charge in [-0.1, -0.05) is 11.2 Å². The molecule has 0 aromatic carbocycles. The van der Waals surface area contributed by atoms with Crippen LogP contribution in [0.2, 0.25) is 0 Å². The third-order valence-corrected chi connectivity index (χ3v) is 3.93. The first-order valence-corrected chi connectivity index (χ1v) is 6.61. The number of anilines is 1. The number of nitrogen functional groups attached to an aromatic ring is 1. The zero-order chi connectivity index (χ0) is 11.7. The van der Waals surface area contributed by atoms with Gasteiger partial charge in [0.2, 0.25) is 0 Å². The maximum absolute atomic E-state index is 5.90. The Kier molecular flexibility index (Phi) is 2.86. The molecule has 1 aliphatic heterocycles. The van der Waals surface area contributed by atoms with Crippen LogP contribution < -0.4 is 5.73 Å². The fraction of sp³-hybridized carbons (Fsp3) is 0.417. The van der Waals surface area contributed by atoms with Crippen molar-refractivity contribution < 1.29 is 9.26 Å². The van der Waals surface area contributed by atoms with E-state index in [2.05, 4.69) is 5.16 Å². The Morgan fingerprint density at radius 2 is 2.41 bits per heavy atom. The van der Waals surface area contributed by atoms with Crippen molar-refractivity contribution in [3.05, 3.63) is 23.3 Å². The van der Waals surface area contributed by atoms with E-state index in [1.807, 2.05) is 17.5 Å². The first-order valence-electron chi connectivity index (χ1n) is 5.73. The summed E-state index contributed by atoms with van der Waals surface area (Å²) < 4.78 is 10.9. The van der Waals surface area contributed by atoms with Gasteiger partial charge in [-0.05, 0) is 24.3 Å². The van der Waals surface area contributed by atoms with Gasteiger partial charge in [0.1, 0.15) is 0 Å². The molecule has 1 saturated heterocycles. The van der Waals surface area contributed by atoms with Gasteiger partial charge in [-0.3, -0.25) is 0 Å². The Bertz CT molecular complexity index is 487. The second kappa shape index (κ2) is 4.50. The Morgan fingerprint density at radius 1 is 1.47 bits per heavy atom. The highest BCUT2D eigenvalue weighted by molar-refractivity contribution is 7.13. The molecule has 2 N–H and O–H groups in total. The van der Waals surface area contributed by atoms with Crippen molar-refractivity contribution in [1.82, 2.24) is 5.16 Å². The average molecular weight is 250 g/mol. The smallest absolute Gasteiger partial charge is 0.175 e. The second-order valence-corrected chi connectivity index (χ2v) is 5.15. The summed E-state index contributed by atoms with van der Waals surface area (Å²) in [7, 11) is 0. The van der Waals surface area contributed by atoms with E-state index in [1.165, 1.54) is 0 Å². The highest BCUT2D eigenvalue weighted by atomic mass is 32.1. The zero-order valence-corrected chi connectivity index (χ0v) is 10.2. The summed E-state index contributed by atoms with van der Waals surface area (Å²) in [4.78, 5) is 1.12. The summed E-state index contributed by atoms with van der Waals surface area (Å²) in [5, 5.41) is 5.93. The SMILES string of the molecule is Nc1noc(C2CCCOC2)c1-c1cccs1. The van der Waals surface area contributed by atoms with Crippen LogP contribution in [-0.4, -0.2) is 18.4 Å². The van der Waals surface area contributed by atoms with Gasteiger partial charge in [0.05, 0.1) is 12.2 Å². The number of hydrogen-bond acceptors (Lipinski definition) is 5. The number of ether oxygens (including phenoxy) is 1. The lowest BCUT2D eigenvalue weighted by Gasteiger charge is -2.20. The maximum atomic E-state index is 5.90. The summed E-state index contributed by atoms with van der Waals surface area (Å²) in [6.45, 7) is 1.54. The summed E-state index contributed by atoms with van der Waals surface area (Å²) in [6, 6.07) is 4.05. The quantitative estimate of drug-likeness (QED) is 0.890. The summed E-state index contributed by atoms with van der Waals surface area (Å²) in [5.41, 5.74) is 6.85. The second-order valence-electron chi connectivity index (χ2n) is 4.20. The van der Waals surface area contributed by atoms with Crippen molar-refractivity contribution in [1.29, 1.82) is 0 Å². The van der Waals surface area contributed by atoms with Gasteiger partial charge in [0.25, 0.3) is 0 Å². The van der Waals surface area contributed by atoms with Crippen molar-refractivity contribution in [2.75, 3.05) is 18.9 Å². The van der Waals surface area contributed by atoms with Crippen LogP contribution in [-0.2, 0) is 4.74 Å². The van der Waals surface area contributed by atoms with E-state index in [1.54, 1.807) is 11.3 Å². The number of thiophene rings is 1. The topological polar surface area (TPSA) is 61.3 Å². The van der Waals surface area contributed by atoms with Crippen molar-refractivity contribution in [2.45, 2.75) is 18.8 Å².